The number of hydrogen-bond donors (Lipinski definition) is 1. The van der Waals surface area contributed by atoms with E-state index in [2.05, 4.69) is 24.8 Å². The highest BCUT2D eigenvalue weighted by Gasteiger charge is 2.17. The van der Waals surface area contributed by atoms with E-state index in [1.165, 1.54) is 0 Å². The van der Waals surface area contributed by atoms with Crippen molar-refractivity contribution >= 4 is 0 Å². The third kappa shape index (κ3) is 6.50. The largest absolute Gasteiger partial charge is 0.496 e. The van der Waals surface area contributed by atoms with E-state index in [-0.39, 0.29) is 0 Å². The molecule has 0 aromatic heterocycles. The van der Waals surface area contributed by atoms with Crippen LogP contribution in [0.1, 0.15) is 25.0 Å². The van der Waals surface area contributed by atoms with E-state index >= 15 is 0 Å². The molecule has 0 heterocycles. The monoisotopic (exact) mass is 343 g/mol. The number of methoxy groups -OCH3 is 1. The standard InChI is InChI=1S/C21H29NO3/c1-17(2)22(13-19-11-7-8-12-21(19)24-3)14-20(23)16-25-15-18-9-5-4-6-10-18/h4-12,17,20,23H,13-16H2,1-3H3/t20-/m1/s1. The minimum absolute atomic E-state index is 0.314. The lowest BCUT2D eigenvalue weighted by Gasteiger charge is -2.29. The van der Waals surface area contributed by atoms with E-state index < -0.39 is 6.10 Å². The Bertz CT molecular complexity index is 616. The van der Waals surface area contributed by atoms with Gasteiger partial charge < -0.3 is 14.6 Å². The highest BCUT2D eigenvalue weighted by atomic mass is 16.5. The van der Waals surface area contributed by atoms with Gasteiger partial charge in [-0.25, -0.2) is 0 Å². The molecular weight excluding hydrogens is 314 g/mol. The minimum Gasteiger partial charge on any atom is -0.496 e. The predicted molar refractivity (Wildman–Crippen MR) is 101 cm³/mol. The fourth-order valence-electron chi connectivity index (χ4n) is 2.72. The predicted octanol–water partition coefficient (Wildman–Crippen LogP) is 3.48. The molecule has 0 saturated heterocycles. The summed E-state index contributed by atoms with van der Waals surface area (Å²) in [6.45, 7) is 6.40. The Hall–Kier alpha value is -1.88. The zero-order valence-electron chi connectivity index (χ0n) is 15.4. The van der Waals surface area contributed by atoms with Crippen molar-refractivity contribution in [2.75, 3.05) is 20.3 Å². The maximum Gasteiger partial charge on any atom is 0.123 e. The Morgan fingerprint density at radius 2 is 1.68 bits per heavy atom. The Morgan fingerprint density at radius 1 is 1.00 bits per heavy atom. The number of benzene rings is 2. The second kappa shape index (κ2) is 10.2. The summed E-state index contributed by atoms with van der Waals surface area (Å²) in [5, 5.41) is 10.4. The molecule has 2 aromatic rings. The molecule has 0 radical (unpaired) electrons. The maximum absolute atomic E-state index is 10.4. The Morgan fingerprint density at radius 3 is 2.36 bits per heavy atom. The van der Waals surface area contributed by atoms with Crippen molar-refractivity contribution in [1.82, 2.24) is 4.90 Å². The molecule has 1 N–H and O–H groups in total. The molecule has 0 amide bonds. The first-order valence-corrected chi connectivity index (χ1v) is 8.75. The SMILES string of the molecule is COc1ccccc1CN(C[C@@H](O)COCc1ccccc1)C(C)C. The molecule has 0 spiro atoms. The van der Waals surface area contributed by atoms with Gasteiger partial charge in [-0.05, 0) is 25.5 Å². The maximum atomic E-state index is 10.4. The first-order chi connectivity index (χ1) is 12.1. The van der Waals surface area contributed by atoms with Crippen molar-refractivity contribution in [1.29, 1.82) is 0 Å². The van der Waals surface area contributed by atoms with E-state index in [4.69, 9.17) is 9.47 Å². The molecule has 0 aliphatic heterocycles. The highest BCUT2D eigenvalue weighted by Crippen LogP contribution is 2.20. The average Bonchev–Trinajstić information content (AvgIpc) is 2.62. The first-order valence-electron chi connectivity index (χ1n) is 8.75. The topological polar surface area (TPSA) is 41.9 Å². The fraction of sp³-hybridized carbons (Fsp3) is 0.429. The molecule has 0 unspecified atom stereocenters. The molecule has 0 fully saturated rings. The summed E-state index contributed by atoms with van der Waals surface area (Å²) < 4.78 is 11.1. The number of aliphatic hydroxyl groups is 1. The molecular formula is C21H29NO3. The van der Waals surface area contributed by atoms with Crippen LogP contribution < -0.4 is 4.74 Å². The van der Waals surface area contributed by atoms with Crippen LogP contribution in [0.2, 0.25) is 0 Å². The number of hydrogen-bond acceptors (Lipinski definition) is 4. The summed E-state index contributed by atoms with van der Waals surface area (Å²) in [7, 11) is 1.69. The van der Waals surface area contributed by atoms with E-state index in [0.29, 0.717) is 25.8 Å². The number of nitrogens with zero attached hydrogens (tertiary/aromatic N) is 1. The van der Waals surface area contributed by atoms with E-state index in [1.54, 1.807) is 7.11 Å². The zero-order chi connectivity index (χ0) is 18.1. The Labute approximate surface area is 151 Å². The van der Waals surface area contributed by atoms with Gasteiger partial charge >= 0.3 is 0 Å². The van der Waals surface area contributed by atoms with Crippen molar-refractivity contribution in [2.24, 2.45) is 0 Å². The Balaban J connectivity index is 1.85. The molecule has 0 bridgehead atoms. The van der Waals surface area contributed by atoms with Crippen LogP contribution in [0, 0.1) is 0 Å². The second-order valence-electron chi connectivity index (χ2n) is 6.49. The number of ether oxygens (including phenoxy) is 2. The van der Waals surface area contributed by atoms with Crippen LogP contribution in [-0.2, 0) is 17.9 Å². The molecule has 25 heavy (non-hydrogen) atoms. The van der Waals surface area contributed by atoms with Crippen LogP contribution >= 0.6 is 0 Å². The normalized spacial score (nSPS) is 12.6. The van der Waals surface area contributed by atoms with Crippen molar-refractivity contribution in [3.8, 4) is 5.75 Å². The molecule has 4 nitrogen and oxygen atoms in total. The average molecular weight is 343 g/mol. The van der Waals surface area contributed by atoms with Gasteiger partial charge in [0.25, 0.3) is 0 Å². The smallest absolute Gasteiger partial charge is 0.123 e. The van der Waals surface area contributed by atoms with Gasteiger partial charge in [-0.1, -0.05) is 48.5 Å². The van der Waals surface area contributed by atoms with Crippen LogP contribution in [-0.4, -0.2) is 42.4 Å². The van der Waals surface area contributed by atoms with Gasteiger partial charge in [-0.2, -0.15) is 0 Å². The lowest BCUT2D eigenvalue weighted by Crippen LogP contribution is -2.38. The third-order valence-corrected chi connectivity index (χ3v) is 4.16. The molecule has 2 rings (SSSR count). The number of rotatable bonds is 10. The van der Waals surface area contributed by atoms with Gasteiger partial charge in [-0.3, -0.25) is 4.90 Å². The summed E-state index contributed by atoms with van der Waals surface area (Å²) in [6, 6.07) is 18.3. The summed E-state index contributed by atoms with van der Waals surface area (Å²) in [5.41, 5.74) is 2.24. The van der Waals surface area contributed by atoms with Crippen LogP contribution in [0.3, 0.4) is 0 Å². The summed E-state index contributed by atoms with van der Waals surface area (Å²) in [4.78, 5) is 2.23. The van der Waals surface area contributed by atoms with Crippen LogP contribution in [0.5, 0.6) is 5.75 Å². The Kier molecular flexibility index (Phi) is 7.92. The number of aliphatic hydroxyl groups excluding tert-OH is 1. The molecule has 136 valence electrons. The van der Waals surface area contributed by atoms with Crippen molar-refractivity contribution in [3.05, 3.63) is 65.7 Å². The van der Waals surface area contributed by atoms with Crippen molar-refractivity contribution in [3.63, 3.8) is 0 Å². The van der Waals surface area contributed by atoms with Crippen molar-refractivity contribution < 1.29 is 14.6 Å². The van der Waals surface area contributed by atoms with Gasteiger partial charge in [-0.15, -0.1) is 0 Å². The molecule has 0 aliphatic rings. The molecule has 0 aliphatic carbocycles. The first kappa shape index (κ1) is 19.4. The molecule has 2 aromatic carbocycles. The van der Waals surface area contributed by atoms with Gasteiger partial charge in [0.1, 0.15) is 5.75 Å². The zero-order valence-corrected chi connectivity index (χ0v) is 15.4. The lowest BCUT2D eigenvalue weighted by atomic mass is 10.1. The van der Waals surface area contributed by atoms with Crippen LogP contribution in [0.15, 0.2) is 54.6 Å². The van der Waals surface area contributed by atoms with Gasteiger partial charge in [0, 0.05) is 24.7 Å². The minimum atomic E-state index is -0.527. The quantitative estimate of drug-likeness (QED) is 0.717. The second-order valence-corrected chi connectivity index (χ2v) is 6.49. The molecule has 4 heteroatoms. The van der Waals surface area contributed by atoms with Crippen LogP contribution in [0.25, 0.3) is 0 Å². The molecule has 0 saturated carbocycles. The van der Waals surface area contributed by atoms with Gasteiger partial charge in [0.2, 0.25) is 0 Å². The van der Waals surface area contributed by atoms with E-state index in [9.17, 15) is 5.11 Å². The lowest BCUT2D eigenvalue weighted by molar-refractivity contribution is 0.00302. The van der Waals surface area contributed by atoms with E-state index in [0.717, 1.165) is 23.4 Å². The van der Waals surface area contributed by atoms with Crippen molar-refractivity contribution in [2.45, 2.75) is 39.1 Å². The fourth-order valence-corrected chi connectivity index (χ4v) is 2.72. The summed E-state index contributed by atoms with van der Waals surface area (Å²) in [5.74, 6) is 0.878. The third-order valence-electron chi connectivity index (χ3n) is 4.16. The highest BCUT2D eigenvalue weighted by molar-refractivity contribution is 5.33. The number of para-hydroxylation sites is 1. The molecule has 1 atom stereocenters. The van der Waals surface area contributed by atoms with Gasteiger partial charge in [0.15, 0.2) is 0 Å². The van der Waals surface area contributed by atoms with Gasteiger partial charge in [0.05, 0.1) is 26.4 Å². The van der Waals surface area contributed by atoms with E-state index in [1.807, 2.05) is 48.5 Å². The van der Waals surface area contributed by atoms with Crippen LogP contribution in [0.4, 0.5) is 0 Å². The summed E-state index contributed by atoms with van der Waals surface area (Å²) in [6.07, 6.45) is -0.527. The summed E-state index contributed by atoms with van der Waals surface area (Å²) >= 11 is 0.